The largest absolute Gasteiger partial charge is 0.334 e. The van der Waals surface area contributed by atoms with Crippen molar-refractivity contribution in [1.82, 2.24) is 25.4 Å². The molecule has 0 atom stereocenters. The Balaban J connectivity index is 1.51. The van der Waals surface area contributed by atoms with E-state index in [1.165, 1.54) is 5.56 Å². The molecular weight excluding hydrogens is 302 g/mol. The molecule has 1 aromatic carbocycles. The van der Waals surface area contributed by atoms with Crippen molar-refractivity contribution in [2.24, 2.45) is 0 Å². The number of carbonyl (C=O) groups is 1. The normalized spacial score (nSPS) is 10.4. The van der Waals surface area contributed by atoms with Crippen LogP contribution in [0, 0.1) is 6.92 Å². The zero-order valence-electron chi connectivity index (χ0n) is 13.4. The van der Waals surface area contributed by atoms with E-state index in [4.69, 9.17) is 0 Å². The zero-order valence-corrected chi connectivity index (χ0v) is 13.4. The molecule has 2 amide bonds. The number of rotatable bonds is 5. The number of aromatic nitrogens is 3. The van der Waals surface area contributed by atoms with Gasteiger partial charge < -0.3 is 10.6 Å². The third-order valence-corrected chi connectivity index (χ3v) is 3.58. The monoisotopic (exact) mass is 321 g/mol. The fourth-order valence-corrected chi connectivity index (χ4v) is 2.23. The molecule has 2 aromatic heterocycles. The molecule has 0 aliphatic carbocycles. The SMILES string of the molecule is Cc1ccc(CNC(=O)NCc2ccnc(-n3cccn3)c2)cc1. The fourth-order valence-electron chi connectivity index (χ4n) is 2.23. The summed E-state index contributed by atoms with van der Waals surface area (Å²) < 4.78 is 1.68. The van der Waals surface area contributed by atoms with Gasteiger partial charge in [-0.05, 0) is 36.2 Å². The summed E-state index contributed by atoms with van der Waals surface area (Å²) in [6.45, 7) is 2.97. The summed E-state index contributed by atoms with van der Waals surface area (Å²) in [4.78, 5) is 16.2. The lowest BCUT2D eigenvalue weighted by Crippen LogP contribution is -2.34. The highest BCUT2D eigenvalue weighted by Gasteiger charge is 2.03. The number of pyridine rings is 1. The molecule has 3 aromatic rings. The first kappa shape index (κ1) is 15.7. The van der Waals surface area contributed by atoms with Crippen LogP contribution in [0.5, 0.6) is 0 Å². The van der Waals surface area contributed by atoms with Gasteiger partial charge in [-0.15, -0.1) is 0 Å². The standard InChI is InChI=1S/C18H19N5O/c1-14-3-5-15(6-4-14)12-20-18(24)21-13-16-7-9-19-17(11-16)23-10-2-8-22-23/h2-11H,12-13H2,1H3,(H2,20,21,24). The Morgan fingerprint density at radius 3 is 2.50 bits per heavy atom. The van der Waals surface area contributed by atoms with Gasteiger partial charge in [0.25, 0.3) is 0 Å². The number of aryl methyl sites for hydroxylation is 1. The highest BCUT2D eigenvalue weighted by Crippen LogP contribution is 2.06. The topological polar surface area (TPSA) is 71.8 Å². The Bertz CT molecular complexity index is 797. The summed E-state index contributed by atoms with van der Waals surface area (Å²) in [6, 6.07) is 13.5. The molecule has 122 valence electrons. The number of benzene rings is 1. The quantitative estimate of drug-likeness (QED) is 0.758. The summed E-state index contributed by atoms with van der Waals surface area (Å²) in [6.07, 6.45) is 5.23. The van der Waals surface area contributed by atoms with E-state index in [1.807, 2.05) is 55.6 Å². The predicted octanol–water partition coefficient (Wildman–Crippen LogP) is 2.58. The highest BCUT2D eigenvalue weighted by molar-refractivity contribution is 5.73. The second-order valence-electron chi connectivity index (χ2n) is 5.49. The summed E-state index contributed by atoms with van der Waals surface area (Å²) >= 11 is 0. The van der Waals surface area contributed by atoms with Crippen molar-refractivity contribution in [2.75, 3.05) is 0 Å². The number of urea groups is 1. The maximum Gasteiger partial charge on any atom is 0.315 e. The van der Waals surface area contributed by atoms with Gasteiger partial charge in [0.1, 0.15) is 0 Å². The number of carbonyl (C=O) groups excluding carboxylic acids is 1. The van der Waals surface area contributed by atoms with E-state index in [2.05, 4.69) is 20.7 Å². The van der Waals surface area contributed by atoms with E-state index >= 15 is 0 Å². The molecule has 24 heavy (non-hydrogen) atoms. The molecular formula is C18H19N5O. The van der Waals surface area contributed by atoms with E-state index in [0.29, 0.717) is 13.1 Å². The number of hydrogen-bond acceptors (Lipinski definition) is 3. The second kappa shape index (κ2) is 7.41. The van der Waals surface area contributed by atoms with E-state index in [-0.39, 0.29) is 6.03 Å². The average molecular weight is 321 g/mol. The van der Waals surface area contributed by atoms with Gasteiger partial charge in [0.05, 0.1) is 0 Å². The van der Waals surface area contributed by atoms with Crippen LogP contribution >= 0.6 is 0 Å². The molecule has 2 heterocycles. The molecule has 0 saturated heterocycles. The number of nitrogens with one attached hydrogen (secondary N) is 2. The van der Waals surface area contributed by atoms with E-state index < -0.39 is 0 Å². The first-order valence-corrected chi connectivity index (χ1v) is 7.73. The van der Waals surface area contributed by atoms with Crippen molar-refractivity contribution in [3.05, 3.63) is 77.7 Å². The Morgan fingerprint density at radius 2 is 1.79 bits per heavy atom. The summed E-state index contributed by atoms with van der Waals surface area (Å²) in [5.41, 5.74) is 3.23. The Morgan fingerprint density at radius 1 is 1.04 bits per heavy atom. The Hall–Kier alpha value is -3.15. The molecule has 6 nitrogen and oxygen atoms in total. The van der Waals surface area contributed by atoms with E-state index in [1.54, 1.807) is 17.1 Å². The van der Waals surface area contributed by atoms with Crippen LogP contribution in [0.25, 0.3) is 5.82 Å². The summed E-state index contributed by atoms with van der Waals surface area (Å²) in [7, 11) is 0. The van der Waals surface area contributed by atoms with Gasteiger partial charge >= 0.3 is 6.03 Å². The van der Waals surface area contributed by atoms with Gasteiger partial charge in [0.15, 0.2) is 5.82 Å². The number of nitrogens with zero attached hydrogens (tertiary/aromatic N) is 3. The van der Waals surface area contributed by atoms with Crippen molar-refractivity contribution < 1.29 is 4.79 Å². The van der Waals surface area contributed by atoms with Crippen molar-refractivity contribution in [3.63, 3.8) is 0 Å². The molecule has 0 radical (unpaired) electrons. The minimum absolute atomic E-state index is 0.201. The molecule has 0 aliphatic rings. The molecule has 0 aliphatic heterocycles. The second-order valence-corrected chi connectivity index (χ2v) is 5.49. The lowest BCUT2D eigenvalue weighted by atomic mass is 10.1. The number of hydrogen-bond donors (Lipinski definition) is 2. The lowest BCUT2D eigenvalue weighted by molar-refractivity contribution is 0.240. The van der Waals surface area contributed by atoms with E-state index in [0.717, 1.165) is 16.9 Å². The lowest BCUT2D eigenvalue weighted by Gasteiger charge is -2.09. The van der Waals surface area contributed by atoms with E-state index in [9.17, 15) is 4.79 Å². The molecule has 2 N–H and O–H groups in total. The van der Waals surface area contributed by atoms with Crippen LogP contribution in [0.2, 0.25) is 0 Å². The minimum Gasteiger partial charge on any atom is -0.334 e. The van der Waals surface area contributed by atoms with Gasteiger partial charge in [-0.3, -0.25) is 0 Å². The van der Waals surface area contributed by atoms with Gasteiger partial charge in [-0.1, -0.05) is 29.8 Å². The van der Waals surface area contributed by atoms with Gasteiger partial charge in [-0.2, -0.15) is 5.10 Å². The molecule has 0 saturated carbocycles. The molecule has 0 spiro atoms. The van der Waals surface area contributed by atoms with Crippen LogP contribution in [0.15, 0.2) is 61.1 Å². The first-order chi connectivity index (χ1) is 11.7. The van der Waals surface area contributed by atoms with Crippen LogP contribution < -0.4 is 10.6 Å². The van der Waals surface area contributed by atoms with Crippen LogP contribution in [0.3, 0.4) is 0 Å². The average Bonchev–Trinajstić information content (AvgIpc) is 3.14. The van der Waals surface area contributed by atoms with Crippen LogP contribution in [0.4, 0.5) is 4.79 Å². The summed E-state index contributed by atoms with van der Waals surface area (Å²) in [5, 5.41) is 9.84. The van der Waals surface area contributed by atoms with Crippen LogP contribution in [-0.4, -0.2) is 20.8 Å². The highest BCUT2D eigenvalue weighted by atomic mass is 16.2. The van der Waals surface area contributed by atoms with Gasteiger partial charge in [0.2, 0.25) is 0 Å². The minimum atomic E-state index is -0.201. The number of amides is 2. The van der Waals surface area contributed by atoms with Crippen molar-refractivity contribution in [3.8, 4) is 5.82 Å². The third-order valence-electron chi connectivity index (χ3n) is 3.58. The molecule has 6 heteroatoms. The van der Waals surface area contributed by atoms with Crippen LogP contribution in [0.1, 0.15) is 16.7 Å². The first-order valence-electron chi connectivity index (χ1n) is 7.73. The molecule has 0 bridgehead atoms. The predicted molar refractivity (Wildman–Crippen MR) is 91.6 cm³/mol. The Kier molecular flexibility index (Phi) is 4.86. The Labute approximate surface area is 140 Å². The zero-order chi connectivity index (χ0) is 16.8. The van der Waals surface area contributed by atoms with Gasteiger partial charge in [0, 0.05) is 31.7 Å². The summed E-state index contributed by atoms with van der Waals surface area (Å²) in [5.74, 6) is 0.722. The van der Waals surface area contributed by atoms with Crippen molar-refractivity contribution in [1.29, 1.82) is 0 Å². The molecule has 0 fully saturated rings. The van der Waals surface area contributed by atoms with Crippen molar-refractivity contribution in [2.45, 2.75) is 20.0 Å². The third kappa shape index (κ3) is 4.19. The molecule has 0 unspecified atom stereocenters. The smallest absolute Gasteiger partial charge is 0.315 e. The fraction of sp³-hybridized carbons (Fsp3) is 0.167. The van der Waals surface area contributed by atoms with Gasteiger partial charge in [-0.25, -0.2) is 14.5 Å². The van der Waals surface area contributed by atoms with Crippen LogP contribution in [-0.2, 0) is 13.1 Å². The maximum atomic E-state index is 11.9. The molecule has 3 rings (SSSR count). The maximum absolute atomic E-state index is 11.9. The van der Waals surface area contributed by atoms with Crippen molar-refractivity contribution >= 4 is 6.03 Å².